The molecule has 2 heterocycles. The van der Waals surface area contributed by atoms with E-state index < -0.39 is 0 Å². The second-order valence-corrected chi connectivity index (χ2v) is 4.84. The predicted octanol–water partition coefficient (Wildman–Crippen LogP) is 1.54. The smallest absolute Gasteiger partial charge is 0.0371 e. The summed E-state index contributed by atoms with van der Waals surface area (Å²) in [7, 11) is 0. The molecule has 0 unspecified atom stereocenters. The van der Waals surface area contributed by atoms with Crippen molar-refractivity contribution in [1.82, 2.24) is 9.88 Å². The number of nitrogens with one attached hydrogen (secondary N) is 1. The molecule has 0 amide bonds. The number of hydrogen-bond donors (Lipinski definition) is 1. The lowest BCUT2D eigenvalue weighted by Crippen LogP contribution is -2.36. The van der Waals surface area contributed by atoms with E-state index in [2.05, 4.69) is 27.0 Å². The Hall–Kier alpha value is -0.740. The summed E-state index contributed by atoms with van der Waals surface area (Å²) in [6, 6.07) is 4.01. The third kappa shape index (κ3) is 3.72. The molecule has 1 fully saturated rings. The highest BCUT2D eigenvalue weighted by Gasteiger charge is 2.08. The Morgan fingerprint density at radius 2 is 2.00 bits per heavy atom. The van der Waals surface area contributed by atoms with Crippen LogP contribution in [0.3, 0.4) is 0 Å². The summed E-state index contributed by atoms with van der Waals surface area (Å²) >= 11 is 2.06. The number of rotatable bonds is 4. The summed E-state index contributed by atoms with van der Waals surface area (Å²) in [6.45, 7) is 4.64. The zero-order valence-electron chi connectivity index (χ0n) is 8.85. The fourth-order valence-corrected chi connectivity index (χ4v) is 2.63. The van der Waals surface area contributed by atoms with E-state index >= 15 is 0 Å². The molecule has 2 rings (SSSR count). The lowest BCUT2D eigenvalue weighted by atomic mass is 10.4. The van der Waals surface area contributed by atoms with E-state index in [1.54, 1.807) is 0 Å². The van der Waals surface area contributed by atoms with Crippen LogP contribution in [0.4, 0.5) is 5.69 Å². The van der Waals surface area contributed by atoms with Crippen LogP contribution in [0, 0.1) is 0 Å². The molecule has 1 aromatic rings. The van der Waals surface area contributed by atoms with E-state index in [1.165, 1.54) is 24.6 Å². The molecule has 4 heteroatoms. The monoisotopic (exact) mass is 223 g/mol. The number of aromatic nitrogens is 1. The van der Waals surface area contributed by atoms with Crippen LogP contribution in [0.15, 0.2) is 24.5 Å². The van der Waals surface area contributed by atoms with E-state index in [4.69, 9.17) is 0 Å². The predicted molar refractivity (Wildman–Crippen MR) is 66.5 cm³/mol. The van der Waals surface area contributed by atoms with Gasteiger partial charge >= 0.3 is 0 Å². The number of hydrogen-bond acceptors (Lipinski definition) is 4. The third-order valence-corrected chi connectivity index (χ3v) is 3.48. The normalized spacial score (nSPS) is 17.6. The van der Waals surface area contributed by atoms with Gasteiger partial charge in [0.25, 0.3) is 0 Å². The summed E-state index contributed by atoms with van der Waals surface area (Å²) in [4.78, 5) is 6.51. The highest BCUT2D eigenvalue weighted by atomic mass is 32.2. The molecule has 1 saturated heterocycles. The molecule has 0 atom stereocenters. The zero-order chi connectivity index (χ0) is 10.3. The van der Waals surface area contributed by atoms with Gasteiger partial charge in [0.15, 0.2) is 0 Å². The van der Waals surface area contributed by atoms with Gasteiger partial charge in [-0.1, -0.05) is 0 Å². The topological polar surface area (TPSA) is 28.2 Å². The van der Waals surface area contributed by atoms with Gasteiger partial charge in [0.05, 0.1) is 0 Å². The number of pyridine rings is 1. The van der Waals surface area contributed by atoms with Crippen LogP contribution in [0.2, 0.25) is 0 Å². The van der Waals surface area contributed by atoms with E-state index in [-0.39, 0.29) is 0 Å². The molecule has 1 aliphatic heterocycles. The fourth-order valence-electron chi connectivity index (χ4n) is 1.65. The van der Waals surface area contributed by atoms with Crippen molar-refractivity contribution in [3.8, 4) is 0 Å². The molecular formula is C11H17N3S. The van der Waals surface area contributed by atoms with Crippen LogP contribution in [0.1, 0.15) is 0 Å². The first-order chi connectivity index (χ1) is 7.45. The highest BCUT2D eigenvalue weighted by Crippen LogP contribution is 2.08. The summed E-state index contributed by atoms with van der Waals surface area (Å²) in [6.07, 6.45) is 3.64. The standard InChI is InChI=1S/C11H17N3S/c1-3-12-4-2-11(1)13-5-6-14-7-9-15-10-8-14/h1-4H,5-10H2,(H,12,13). The molecule has 1 N–H and O–H groups in total. The molecule has 15 heavy (non-hydrogen) atoms. The Morgan fingerprint density at radius 3 is 2.73 bits per heavy atom. The van der Waals surface area contributed by atoms with E-state index in [9.17, 15) is 0 Å². The van der Waals surface area contributed by atoms with Crippen molar-refractivity contribution in [2.45, 2.75) is 0 Å². The van der Waals surface area contributed by atoms with E-state index in [1.807, 2.05) is 24.5 Å². The van der Waals surface area contributed by atoms with Crippen LogP contribution >= 0.6 is 11.8 Å². The van der Waals surface area contributed by atoms with Crippen LogP contribution in [0.5, 0.6) is 0 Å². The van der Waals surface area contributed by atoms with Gasteiger partial charge in [0.1, 0.15) is 0 Å². The molecule has 0 bridgehead atoms. The quantitative estimate of drug-likeness (QED) is 0.838. The van der Waals surface area contributed by atoms with Crippen molar-refractivity contribution < 1.29 is 0 Å². The molecule has 0 radical (unpaired) electrons. The van der Waals surface area contributed by atoms with Gasteiger partial charge < -0.3 is 5.32 Å². The van der Waals surface area contributed by atoms with Crippen LogP contribution in [-0.4, -0.2) is 47.6 Å². The van der Waals surface area contributed by atoms with Gasteiger partial charge in [-0.15, -0.1) is 0 Å². The summed E-state index contributed by atoms with van der Waals surface area (Å²) in [5, 5.41) is 3.40. The average molecular weight is 223 g/mol. The maximum Gasteiger partial charge on any atom is 0.0371 e. The number of anilines is 1. The van der Waals surface area contributed by atoms with Gasteiger partial charge in [-0.3, -0.25) is 9.88 Å². The second-order valence-electron chi connectivity index (χ2n) is 3.62. The fraction of sp³-hybridized carbons (Fsp3) is 0.545. The molecule has 1 aliphatic rings. The van der Waals surface area contributed by atoms with Gasteiger partial charge in [-0.25, -0.2) is 0 Å². The van der Waals surface area contributed by atoms with Crippen molar-refractivity contribution in [3.05, 3.63) is 24.5 Å². The number of nitrogens with zero attached hydrogens (tertiary/aromatic N) is 2. The molecule has 82 valence electrons. The Morgan fingerprint density at radius 1 is 1.27 bits per heavy atom. The van der Waals surface area contributed by atoms with Crippen LogP contribution in [0.25, 0.3) is 0 Å². The first-order valence-electron chi connectivity index (χ1n) is 5.39. The van der Waals surface area contributed by atoms with Crippen LogP contribution < -0.4 is 5.32 Å². The van der Waals surface area contributed by atoms with Gasteiger partial charge in [0, 0.05) is 55.8 Å². The minimum absolute atomic E-state index is 1.02. The van der Waals surface area contributed by atoms with Gasteiger partial charge in [0.2, 0.25) is 0 Å². The van der Waals surface area contributed by atoms with Gasteiger partial charge in [-0.05, 0) is 12.1 Å². The largest absolute Gasteiger partial charge is 0.384 e. The van der Waals surface area contributed by atoms with Crippen molar-refractivity contribution in [3.63, 3.8) is 0 Å². The molecular weight excluding hydrogens is 206 g/mol. The first kappa shape index (κ1) is 10.8. The van der Waals surface area contributed by atoms with E-state index in [0.29, 0.717) is 0 Å². The Labute approximate surface area is 95.3 Å². The molecule has 0 aromatic carbocycles. The summed E-state index contributed by atoms with van der Waals surface area (Å²) in [5.74, 6) is 2.57. The van der Waals surface area contributed by atoms with Crippen molar-refractivity contribution in [1.29, 1.82) is 0 Å². The minimum Gasteiger partial charge on any atom is -0.384 e. The Kier molecular flexibility index (Phi) is 4.29. The zero-order valence-corrected chi connectivity index (χ0v) is 9.67. The van der Waals surface area contributed by atoms with Crippen molar-refractivity contribution >= 4 is 17.4 Å². The highest BCUT2D eigenvalue weighted by molar-refractivity contribution is 7.99. The van der Waals surface area contributed by atoms with Crippen molar-refractivity contribution in [2.75, 3.05) is 43.0 Å². The Balaban J connectivity index is 1.66. The third-order valence-electron chi connectivity index (χ3n) is 2.54. The molecule has 1 aromatic heterocycles. The molecule has 0 aliphatic carbocycles. The molecule has 0 spiro atoms. The second kappa shape index (κ2) is 5.98. The van der Waals surface area contributed by atoms with Crippen molar-refractivity contribution in [2.24, 2.45) is 0 Å². The van der Waals surface area contributed by atoms with Crippen LogP contribution in [-0.2, 0) is 0 Å². The molecule has 0 saturated carbocycles. The maximum atomic E-state index is 3.99. The maximum absolute atomic E-state index is 3.99. The summed E-state index contributed by atoms with van der Waals surface area (Å²) in [5.41, 5.74) is 1.16. The Bertz CT molecular complexity index is 272. The average Bonchev–Trinajstić information content (AvgIpc) is 2.32. The lowest BCUT2D eigenvalue weighted by molar-refractivity contribution is 0.314. The molecule has 3 nitrogen and oxygen atoms in total. The summed E-state index contributed by atoms with van der Waals surface area (Å²) < 4.78 is 0. The van der Waals surface area contributed by atoms with E-state index in [0.717, 1.165) is 18.8 Å². The first-order valence-corrected chi connectivity index (χ1v) is 6.54. The lowest BCUT2D eigenvalue weighted by Gasteiger charge is -2.26. The minimum atomic E-state index is 1.02. The van der Waals surface area contributed by atoms with Gasteiger partial charge in [-0.2, -0.15) is 11.8 Å². The number of thioether (sulfide) groups is 1. The SMILES string of the molecule is c1cc(NCCN2CCSCC2)ccn1.